The van der Waals surface area contributed by atoms with Crippen LogP contribution in [-0.2, 0) is 10.2 Å². The molecule has 24 heavy (non-hydrogen) atoms. The fourth-order valence-electron chi connectivity index (χ4n) is 2.60. The Morgan fingerprint density at radius 3 is 2.33 bits per heavy atom. The van der Waals surface area contributed by atoms with Crippen LogP contribution in [0.25, 0.3) is 5.82 Å². The van der Waals surface area contributed by atoms with E-state index in [0.29, 0.717) is 37.8 Å². The molecular formula is C14H21N7O2S. The van der Waals surface area contributed by atoms with Gasteiger partial charge in [0.1, 0.15) is 11.6 Å². The zero-order chi connectivity index (χ0) is 17.3. The van der Waals surface area contributed by atoms with E-state index in [9.17, 15) is 8.42 Å². The molecule has 0 unspecified atom stereocenters. The van der Waals surface area contributed by atoms with Crippen molar-refractivity contribution in [2.45, 2.75) is 6.92 Å². The summed E-state index contributed by atoms with van der Waals surface area (Å²) in [6.45, 7) is 3.87. The van der Waals surface area contributed by atoms with Crippen LogP contribution in [0.1, 0.15) is 5.82 Å². The zero-order valence-electron chi connectivity index (χ0n) is 14.0. The minimum atomic E-state index is -3.36. The number of anilines is 1. The minimum absolute atomic E-state index is 0.431. The molecule has 0 spiro atoms. The van der Waals surface area contributed by atoms with Crippen molar-refractivity contribution in [1.82, 2.24) is 28.4 Å². The SMILES string of the molecule is Cc1nc(N2CCN(S(=O)(=O)N(C)C)CC2)cc(-n2cccn2)n1. The first-order valence-corrected chi connectivity index (χ1v) is 9.06. The molecule has 0 N–H and O–H groups in total. The van der Waals surface area contributed by atoms with E-state index in [1.54, 1.807) is 25.0 Å². The molecule has 3 rings (SSSR count). The lowest BCUT2D eigenvalue weighted by Gasteiger charge is -2.35. The van der Waals surface area contributed by atoms with E-state index in [4.69, 9.17) is 0 Å². The highest BCUT2D eigenvalue weighted by atomic mass is 32.2. The van der Waals surface area contributed by atoms with Gasteiger partial charge >= 0.3 is 0 Å². The summed E-state index contributed by atoms with van der Waals surface area (Å²) in [5.41, 5.74) is 0. The first-order valence-electron chi connectivity index (χ1n) is 7.66. The van der Waals surface area contributed by atoms with Gasteiger partial charge in [-0.2, -0.15) is 22.1 Å². The highest BCUT2D eigenvalue weighted by Crippen LogP contribution is 2.18. The van der Waals surface area contributed by atoms with Crippen LogP contribution in [0.5, 0.6) is 0 Å². The summed E-state index contributed by atoms with van der Waals surface area (Å²) in [7, 11) is -0.269. The molecule has 10 heteroatoms. The minimum Gasteiger partial charge on any atom is -0.354 e. The van der Waals surface area contributed by atoms with Crippen LogP contribution in [0.4, 0.5) is 5.82 Å². The Morgan fingerprint density at radius 2 is 1.75 bits per heavy atom. The number of rotatable bonds is 4. The molecule has 0 saturated carbocycles. The van der Waals surface area contributed by atoms with E-state index in [1.165, 1.54) is 8.61 Å². The van der Waals surface area contributed by atoms with Crippen LogP contribution in [0.3, 0.4) is 0 Å². The standard InChI is InChI=1S/C14H21N7O2S/c1-12-16-13(11-14(17-12)21-6-4-5-15-21)19-7-9-20(10-8-19)24(22,23)18(2)3/h4-6,11H,7-10H2,1-3H3. The Balaban J connectivity index is 1.78. The lowest BCUT2D eigenvalue weighted by atomic mass is 10.3. The summed E-state index contributed by atoms with van der Waals surface area (Å²) in [4.78, 5) is 11.0. The van der Waals surface area contributed by atoms with Gasteiger partial charge in [0.05, 0.1) is 0 Å². The fourth-order valence-corrected chi connectivity index (χ4v) is 3.69. The van der Waals surface area contributed by atoms with Crippen molar-refractivity contribution in [2.24, 2.45) is 0 Å². The third kappa shape index (κ3) is 3.25. The van der Waals surface area contributed by atoms with E-state index in [0.717, 1.165) is 5.82 Å². The molecule has 130 valence electrons. The molecule has 0 aliphatic carbocycles. The van der Waals surface area contributed by atoms with E-state index in [2.05, 4.69) is 20.0 Å². The Kier molecular flexibility index (Phi) is 4.52. The highest BCUT2D eigenvalue weighted by molar-refractivity contribution is 7.86. The van der Waals surface area contributed by atoms with E-state index in [-0.39, 0.29) is 0 Å². The zero-order valence-corrected chi connectivity index (χ0v) is 14.8. The van der Waals surface area contributed by atoms with Gasteiger partial charge in [0, 0.05) is 58.7 Å². The summed E-state index contributed by atoms with van der Waals surface area (Å²) in [5, 5.41) is 4.19. The van der Waals surface area contributed by atoms with Crippen molar-refractivity contribution in [3.05, 3.63) is 30.4 Å². The highest BCUT2D eigenvalue weighted by Gasteiger charge is 2.29. The molecule has 0 aromatic carbocycles. The Morgan fingerprint density at radius 1 is 1.08 bits per heavy atom. The molecule has 1 aliphatic heterocycles. The summed E-state index contributed by atoms with van der Waals surface area (Å²) in [5.74, 6) is 2.14. The second-order valence-corrected chi connectivity index (χ2v) is 7.90. The average molecular weight is 351 g/mol. The molecule has 3 heterocycles. The molecule has 2 aromatic rings. The van der Waals surface area contributed by atoms with Crippen LogP contribution in [-0.4, -0.2) is 77.1 Å². The molecule has 1 saturated heterocycles. The maximum Gasteiger partial charge on any atom is 0.281 e. The van der Waals surface area contributed by atoms with Gasteiger partial charge in [0.25, 0.3) is 10.2 Å². The average Bonchev–Trinajstić information content (AvgIpc) is 3.09. The largest absolute Gasteiger partial charge is 0.354 e. The molecule has 1 aliphatic rings. The predicted octanol–water partition coefficient (Wildman–Crippen LogP) is -0.101. The smallest absolute Gasteiger partial charge is 0.281 e. The number of aryl methyl sites for hydroxylation is 1. The molecule has 2 aromatic heterocycles. The topological polar surface area (TPSA) is 87.5 Å². The van der Waals surface area contributed by atoms with Gasteiger partial charge in [-0.15, -0.1) is 0 Å². The molecule has 9 nitrogen and oxygen atoms in total. The van der Waals surface area contributed by atoms with Crippen molar-refractivity contribution in [3.63, 3.8) is 0 Å². The predicted molar refractivity (Wildman–Crippen MR) is 90.3 cm³/mol. The van der Waals surface area contributed by atoms with E-state index < -0.39 is 10.2 Å². The van der Waals surface area contributed by atoms with Gasteiger partial charge in [0.15, 0.2) is 5.82 Å². The van der Waals surface area contributed by atoms with Crippen LogP contribution in [0.15, 0.2) is 24.5 Å². The van der Waals surface area contributed by atoms with Crippen LogP contribution >= 0.6 is 0 Å². The second-order valence-electron chi connectivity index (χ2n) is 5.76. The molecule has 0 bridgehead atoms. The van der Waals surface area contributed by atoms with Gasteiger partial charge in [-0.25, -0.2) is 14.6 Å². The third-order valence-corrected chi connectivity index (χ3v) is 5.84. The Hall–Kier alpha value is -2.04. The number of hydrogen-bond donors (Lipinski definition) is 0. The fraction of sp³-hybridized carbons (Fsp3) is 0.500. The number of piperazine rings is 1. The second kappa shape index (κ2) is 6.46. The number of aromatic nitrogens is 4. The van der Waals surface area contributed by atoms with Crippen LogP contribution in [0.2, 0.25) is 0 Å². The van der Waals surface area contributed by atoms with Crippen molar-refractivity contribution in [3.8, 4) is 5.82 Å². The van der Waals surface area contributed by atoms with Crippen molar-refractivity contribution in [1.29, 1.82) is 0 Å². The maximum atomic E-state index is 12.2. The van der Waals surface area contributed by atoms with E-state index in [1.807, 2.05) is 25.3 Å². The van der Waals surface area contributed by atoms with Gasteiger partial charge in [-0.1, -0.05) is 0 Å². The summed E-state index contributed by atoms with van der Waals surface area (Å²) in [6.07, 6.45) is 3.52. The Bertz CT molecular complexity index is 797. The lowest BCUT2D eigenvalue weighted by Crippen LogP contribution is -2.52. The molecule has 1 fully saturated rings. The summed E-state index contributed by atoms with van der Waals surface area (Å²) in [6, 6.07) is 3.71. The third-order valence-electron chi connectivity index (χ3n) is 3.90. The lowest BCUT2D eigenvalue weighted by molar-refractivity contribution is 0.355. The normalized spacial score (nSPS) is 16.8. The number of nitrogens with zero attached hydrogens (tertiary/aromatic N) is 7. The monoisotopic (exact) mass is 351 g/mol. The van der Waals surface area contributed by atoms with Crippen LogP contribution < -0.4 is 4.90 Å². The van der Waals surface area contributed by atoms with Crippen molar-refractivity contribution in [2.75, 3.05) is 45.2 Å². The molecular weight excluding hydrogens is 330 g/mol. The van der Waals surface area contributed by atoms with Crippen LogP contribution in [0, 0.1) is 6.92 Å². The van der Waals surface area contributed by atoms with Crippen molar-refractivity contribution >= 4 is 16.0 Å². The molecule has 0 atom stereocenters. The first kappa shape index (κ1) is 16.8. The summed E-state index contributed by atoms with van der Waals surface area (Å²) < 4.78 is 28.8. The van der Waals surface area contributed by atoms with Gasteiger partial charge in [-0.3, -0.25) is 0 Å². The first-order chi connectivity index (χ1) is 11.4. The summed E-state index contributed by atoms with van der Waals surface area (Å²) >= 11 is 0. The van der Waals surface area contributed by atoms with Gasteiger partial charge in [0.2, 0.25) is 0 Å². The number of hydrogen-bond acceptors (Lipinski definition) is 6. The molecule has 0 amide bonds. The quantitative estimate of drug-likeness (QED) is 0.764. The maximum absolute atomic E-state index is 12.2. The van der Waals surface area contributed by atoms with Gasteiger partial charge in [-0.05, 0) is 13.0 Å². The molecule has 0 radical (unpaired) electrons. The Labute approximate surface area is 141 Å². The van der Waals surface area contributed by atoms with E-state index >= 15 is 0 Å². The van der Waals surface area contributed by atoms with Gasteiger partial charge < -0.3 is 4.90 Å². The van der Waals surface area contributed by atoms with Crippen molar-refractivity contribution < 1.29 is 8.42 Å².